The zero-order valence-corrected chi connectivity index (χ0v) is 11.2. The third-order valence-corrected chi connectivity index (χ3v) is 4.08. The SMILES string of the molecule is CC1CCCc2c(/C=C/c3csc(N)n3)ncn21. The Morgan fingerprint density at radius 2 is 2.39 bits per heavy atom. The molecule has 1 unspecified atom stereocenters. The Bertz CT molecular complexity index is 582. The summed E-state index contributed by atoms with van der Waals surface area (Å²) in [6.45, 7) is 2.25. The fourth-order valence-corrected chi connectivity index (χ4v) is 2.95. The van der Waals surface area contributed by atoms with E-state index in [1.807, 2.05) is 23.9 Å². The Kier molecular flexibility index (Phi) is 2.91. The lowest BCUT2D eigenvalue weighted by atomic mass is 10.0. The number of hydrogen-bond acceptors (Lipinski definition) is 4. The zero-order valence-electron chi connectivity index (χ0n) is 10.3. The lowest BCUT2D eigenvalue weighted by molar-refractivity contribution is 0.431. The summed E-state index contributed by atoms with van der Waals surface area (Å²) in [6.07, 6.45) is 9.58. The van der Waals surface area contributed by atoms with Crippen LogP contribution in [0.5, 0.6) is 0 Å². The van der Waals surface area contributed by atoms with Crippen LogP contribution in [-0.2, 0) is 6.42 Å². The maximum atomic E-state index is 5.61. The molecule has 2 N–H and O–H groups in total. The fourth-order valence-electron chi connectivity index (χ4n) is 2.42. The molecule has 3 rings (SSSR count). The van der Waals surface area contributed by atoms with Gasteiger partial charge in [-0.05, 0) is 38.3 Å². The molecule has 0 saturated heterocycles. The zero-order chi connectivity index (χ0) is 12.5. The van der Waals surface area contributed by atoms with Crippen molar-refractivity contribution < 1.29 is 0 Å². The highest BCUT2D eigenvalue weighted by Crippen LogP contribution is 2.27. The molecule has 0 saturated carbocycles. The molecule has 0 radical (unpaired) electrons. The van der Waals surface area contributed by atoms with E-state index in [1.165, 1.54) is 29.9 Å². The van der Waals surface area contributed by atoms with E-state index in [9.17, 15) is 0 Å². The highest BCUT2D eigenvalue weighted by Gasteiger charge is 2.18. The smallest absolute Gasteiger partial charge is 0.180 e. The van der Waals surface area contributed by atoms with Crippen LogP contribution >= 0.6 is 11.3 Å². The number of nitrogens with two attached hydrogens (primary N) is 1. The third kappa shape index (κ3) is 2.06. The molecule has 1 atom stereocenters. The molecule has 0 bridgehead atoms. The first kappa shape index (κ1) is 11.5. The van der Waals surface area contributed by atoms with Crippen LogP contribution in [0.25, 0.3) is 12.2 Å². The number of nitrogens with zero attached hydrogens (tertiary/aromatic N) is 3. The van der Waals surface area contributed by atoms with E-state index in [0.717, 1.165) is 17.8 Å². The predicted molar refractivity (Wildman–Crippen MR) is 75.3 cm³/mol. The van der Waals surface area contributed by atoms with Gasteiger partial charge in [0, 0.05) is 17.1 Å². The monoisotopic (exact) mass is 260 g/mol. The van der Waals surface area contributed by atoms with Crippen molar-refractivity contribution in [3.8, 4) is 0 Å². The molecule has 0 aromatic carbocycles. The summed E-state index contributed by atoms with van der Waals surface area (Å²) in [6, 6.07) is 0.568. The standard InChI is InChI=1S/C13H16N4S/c1-9-3-2-4-12-11(15-8-17(9)12)6-5-10-7-18-13(14)16-10/h5-9H,2-4H2,1H3,(H2,14,16)/b6-5+. The van der Waals surface area contributed by atoms with Gasteiger partial charge in [0.1, 0.15) is 0 Å². The van der Waals surface area contributed by atoms with E-state index < -0.39 is 0 Å². The van der Waals surface area contributed by atoms with E-state index >= 15 is 0 Å². The summed E-state index contributed by atoms with van der Waals surface area (Å²) in [5.74, 6) is 0. The maximum absolute atomic E-state index is 5.61. The van der Waals surface area contributed by atoms with Crippen molar-refractivity contribution in [2.45, 2.75) is 32.2 Å². The number of imidazole rings is 1. The van der Waals surface area contributed by atoms with Crippen molar-refractivity contribution in [1.82, 2.24) is 14.5 Å². The minimum atomic E-state index is 0.568. The Balaban J connectivity index is 1.87. The van der Waals surface area contributed by atoms with Gasteiger partial charge >= 0.3 is 0 Å². The van der Waals surface area contributed by atoms with Crippen LogP contribution in [-0.4, -0.2) is 14.5 Å². The summed E-state index contributed by atoms with van der Waals surface area (Å²) < 4.78 is 2.29. The summed E-state index contributed by atoms with van der Waals surface area (Å²) in [4.78, 5) is 8.70. The second kappa shape index (κ2) is 4.57. The highest BCUT2D eigenvalue weighted by molar-refractivity contribution is 7.13. The molecule has 0 fully saturated rings. The maximum Gasteiger partial charge on any atom is 0.180 e. The molecule has 0 amide bonds. The fraction of sp³-hybridized carbons (Fsp3) is 0.385. The van der Waals surface area contributed by atoms with Crippen LogP contribution in [0.15, 0.2) is 11.7 Å². The van der Waals surface area contributed by atoms with Crippen LogP contribution in [0, 0.1) is 0 Å². The van der Waals surface area contributed by atoms with Crippen LogP contribution in [0.4, 0.5) is 5.13 Å². The molecular weight excluding hydrogens is 244 g/mol. The average molecular weight is 260 g/mol. The van der Waals surface area contributed by atoms with Gasteiger partial charge in [-0.3, -0.25) is 0 Å². The molecule has 4 nitrogen and oxygen atoms in total. The Morgan fingerprint density at radius 1 is 1.50 bits per heavy atom. The minimum Gasteiger partial charge on any atom is -0.375 e. The second-order valence-electron chi connectivity index (χ2n) is 4.67. The topological polar surface area (TPSA) is 56.7 Å². The predicted octanol–water partition coefficient (Wildman–Crippen LogP) is 2.99. The number of thiazole rings is 1. The summed E-state index contributed by atoms with van der Waals surface area (Å²) >= 11 is 1.46. The Morgan fingerprint density at radius 3 is 3.17 bits per heavy atom. The van der Waals surface area contributed by atoms with Crippen LogP contribution in [0.3, 0.4) is 0 Å². The molecule has 2 aromatic rings. The minimum absolute atomic E-state index is 0.568. The molecule has 18 heavy (non-hydrogen) atoms. The number of aromatic nitrogens is 3. The summed E-state index contributed by atoms with van der Waals surface area (Å²) in [5.41, 5.74) is 8.92. The second-order valence-corrected chi connectivity index (χ2v) is 5.56. The average Bonchev–Trinajstić information content (AvgIpc) is 2.94. The van der Waals surface area contributed by atoms with Crippen molar-refractivity contribution >= 4 is 28.6 Å². The van der Waals surface area contributed by atoms with Gasteiger partial charge in [0.25, 0.3) is 0 Å². The van der Waals surface area contributed by atoms with Gasteiger partial charge in [0.2, 0.25) is 0 Å². The number of anilines is 1. The molecule has 1 aliphatic rings. The highest BCUT2D eigenvalue weighted by atomic mass is 32.1. The van der Waals surface area contributed by atoms with Crippen molar-refractivity contribution in [2.75, 3.05) is 5.73 Å². The first-order valence-corrected chi connectivity index (χ1v) is 7.07. The summed E-state index contributed by atoms with van der Waals surface area (Å²) in [5, 5.41) is 2.56. The molecular formula is C13H16N4S. The molecule has 2 aromatic heterocycles. The first-order chi connectivity index (χ1) is 8.74. The lowest BCUT2D eigenvalue weighted by Crippen LogP contribution is -2.14. The van der Waals surface area contributed by atoms with E-state index in [1.54, 1.807) is 0 Å². The van der Waals surface area contributed by atoms with Crippen LogP contribution in [0.1, 0.15) is 42.9 Å². The lowest BCUT2D eigenvalue weighted by Gasteiger charge is -2.22. The van der Waals surface area contributed by atoms with Crippen LogP contribution in [0.2, 0.25) is 0 Å². The van der Waals surface area contributed by atoms with Crippen molar-refractivity contribution in [1.29, 1.82) is 0 Å². The largest absolute Gasteiger partial charge is 0.375 e. The summed E-state index contributed by atoms with van der Waals surface area (Å²) in [7, 11) is 0. The number of hydrogen-bond donors (Lipinski definition) is 1. The number of rotatable bonds is 2. The molecule has 3 heterocycles. The van der Waals surface area contributed by atoms with Gasteiger partial charge in [0.05, 0.1) is 17.7 Å². The van der Waals surface area contributed by atoms with Crippen molar-refractivity contribution in [3.05, 3.63) is 28.8 Å². The van der Waals surface area contributed by atoms with Gasteiger partial charge < -0.3 is 10.3 Å². The molecule has 94 valence electrons. The molecule has 0 spiro atoms. The van der Waals surface area contributed by atoms with Gasteiger partial charge in [-0.15, -0.1) is 11.3 Å². The Labute approximate surface area is 110 Å². The normalized spacial score (nSPS) is 19.3. The van der Waals surface area contributed by atoms with Gasteiger partial charge in [-0.25, -0.2) is 9.97 Å². The third-order valence-electron chi connectivity index (χ3n) is 3.39. The van der Waals surface area contributed by atoms with Crippen molar-refractivity contribution in [3.63, 3.8) is 0 Å². The van der Waals surface area contributed by atoms with Crippen LogP contribution < -0.4 is 5.73 Å². The number of fused-ring (bicyclic) bond motifs is 1. The van der Waals surface area contributed by atoms with Gasteiger partial charge in [0.15, 0.2) is 5.13 Å². The van der Waals surface area contributed by atoms with Gasteiger partial charge in [-0.1, -0.05) is 0 Å². The molecule has 1 aliphatic heterocycles. The van der Waals surface area contributed by atoms with E-state index in [-0.39, 0.29) is 0 Å². The van der Waals surface area contributed by atoms with E-state index in [4.69, 9.17) is 5.73 Å². The number of nitrogen functional groups attached to an aromatic ring is 1. The van der Waals surface area contributed by atoms with E-state index in [2.05, 4.69) is 21.5 Å². The van der Waals surface area contributed by atoms with E-state index in [0.29, 0.717) is 11.2 Å². The first-order valence-electron chi connectivity index (χ1n) is 6.19. The van der Waals surface area contributed by atoms with Gasteiger partial charge in [-0.2, -0.15) is 0 Å². The molecule has 5 heteroatoms. The Hall–Kier alpha value is -1.62. The molecule has 0 aliphatic carbocycles. The van der Waals surface area contributed by atoms with Crippen molar-refractivity contribution in [2.24, 2.45) is 0 Å². The quantitative estimate of drug-likeness (QED) is 0.903.